The predicted octanol–water partition coefficient (Wildman–Crippen LogP) is 3.06. The van der Waals surface area contributed by atoms with Crippen molar-refractivity contribution >= 4 is 29.0 Å². The summed E-state index contributed by atoms with van der Waals surface area (Å²) in [7, 11) is 3.89. The van der Waals surface area contributed by atoms with Gasteiger partial charge in [-0.05, 0) is 31.8 Å². The largest absolute Gasteiger partial charge is 0.309 e. The summed E-state index contributed by atoms with van der Waals surface area (Å²) in [4.78, 5) is 13.6. The fraction of sp³-hybridized carbons (Fsp3) is 0.417. The molecule has 2 nitrogen and oxygen atoms in total. The Balaban J connectivity index is 2.56. The average molecular weight is 260 g/mol. The molecular weight excluding hydrogens is 245 g/mol. The molecule has 0 bridgehead atoms. The third kappa shape index (κ3) is 4.52. The van der Waals surface area contributed by atoms with Crippen LogP contribution in [0.2, 0.25) is 10.0 Å². The predicted molar refractivity (Wildman–Crippen MR) is 68.3 cm³/mol. The zero-order valence-electron chi connectivity index (χ0n) is 9.46. The van der Waals surface area contributed by atoms with Gasteiger partial charge in [-0.3, -0.25) is 4.79 Å². The second-order valence-corrected chi connectivity index (χ2v) is 4.85. The maximum Gasteiger partial charge on any atom is 0.138 e. The third-order valence-electron chi connectivity index (χ3n) is 2.24. The van der Waals surface area contributed by atoms with Gasteiger partial charge in [0.2, 0.25) is 0 Å². The lowest BCUT2D eigenvalue weighted by atomic mass is 10.1. The Bertz CT molecular complexity index is 377. The lowest BCUT2D eigenvalue weighted by molar-refractivity contribution is -0.118. The minimum absolute atomic E-state index is 0.193. The van der Waals surface area contributed by atoms with Crippen LogP contribution < -0.4 is 0 Å². The van der Waals surface area contributed by atoms with E-state index in [0.717, 1.165) is 12.1 Å². The number of carbonyl (C=O) groups excluding carboxylic acids is 1. The van der Waals surface area contributed by atoms with Gasteiger partial charge in [0.15, 0.2) is 0 Å². The molecule has 0 saturated heterocycles. The number of halogens is 2. The highest BCUT2D eigenvalue weighted by atomic mass is 35.5. The molecule has 0 aliphatic rings. The summed E-state index contributed by atoms with van der Waals surface area (Å²) in [5.41, 5.74) is 0.842. The summed E-state index contributed by atoms with van der Waals surface area (Å²) >= 11 is 11.8. The molecule has 1 rings (SSSR count). The zero-order chi connectivity index (χ0) is 12.1. The lowest BCUT2D eigenvalue weighted by Crippen LogP contribution is -2.17. The summed E-state index contributed by atoms with van der Waals surface area (Å²) in [6.45, 7) is 0.768. The summed E-state index contributed by atoms with van der Waals surface area (Å²) in [6.07, 6.45) is 0.926. The van der Waals surface area contributed by atoms with E-state index in [2.05, 4.69) is 0 Å². The smallest absolute Gasteiger partial charge is 0.138 e. The Morgan fingerprint density at radius 3 is 2.56 bits per heavy atom. The van der Waals surface area contributed by atoms with Gasteiger partial charge >= 0.3 is 0 Å². The number of hydrogen-bond donors (Lipinski definition) is 0. The first-order chi connectivity index (χ1) is 7.49. The van der Waals surface area contributed by atoms with Gasteiger partial charge in [-0.25, -0.2) is 0 Å². The Morgan fingerprint density at radius 1 is 1.31 bits per heavy atom. The van der Waals surface area contributed by atoms with Crippen LogP contribution in [-0.2, 0) is 11.2 Å². The lowest BCUT2D eigenvalue weighted by Gasteiger charge is -2.09. The Hall–Kier alpha value is -0.570. The summed E-state index contributed by atoms with van der Waals surface area (Å²) < 4.78 is 0. The van der Waals surface area contributed by atoms with Gasteiger partial charge in [-0.15, -0.1) is 0 Å². The molecule has 0 aromatic heterocycles. The van der Waals surface area contributed by atoms with Crippen LogP contribution in [0.3, 0.4) is 0 Å². The van der Waals surface area contributed by atoms with Gasteiger partial charge in [0, 0.05) is 29.4 Å². The van der Waals surface area contributed by atoms with Crippen molar-refractivity contribution in [2.45, 2.75) is 12.8 Å². The van der Waals surface area contributed by atoms with Crippen LogP contribution in [0.1, 0.15) is 12.0 Å². The summed E-state index contributed by atoms with van der Waals surface area (Å²) in [6, 6.07) is 5.22. The van der Waals surface area contributed by atoms with E-state index in [-0.39, 0.29) is 5.78 Å². The summed E-state index contributed by atoms with van der Waals surface area (Å²) in [5, 5.41) is 1.15. The van der Waals surface area contributed by atoms with Gasteiger partial charge in [-0.2, -0.15) is 0 Å². The monoisotopic (exact) mass is 259 g/mol. The molecule has 0 aliphatic heterocycles. The summed E-state index contributed by atoms with van der Waals surface area (Å²) in [5.74, 6) is 0.193. The maximum absolute atomic E-state index is 11.6. The Morgan fingerprint density at radius 2 is 2.00 bits per heavy atom. The number of hydrogen-bond acceptors (Lipinski definition) is 2. The van der Waals surface area contributed by atoms with Crippen LogP contribution in [-0.4, -0.2) is 31.3 Å². The maximum atomic E-state index is 11.6. The van der Waals surface area contributed by atoms with Crippen molar-refractivity contribution in [1.82, 2.24) is 4.90 Å². The standard InChI is InChI=1S/C12H15Cl2NO/c1-15(2)6-5-11(16)7-9-3-4-10(13)8-12(9)14/h3-4,8H,5-7H2,1-2H3. The van der Waals surface area contributed by atoms with Crippen molar-refractivity contribution in [3.63, 3.8) is 0 Å². The molecule has 0 heterocycles. The molecule has 0 radical (unpaired) electrons. The van der Waals surface area contributed by atoms with Crippen LogP contribution in [0, 0.1) is 0 Å². The molecule has 0 spiro atoms. The second kappa shape index (κ2) is 6.24. The van der Waals surface area contributed by atoms with Crippen molar-refractivity contribution < 1.29 is 4.79 Å². The van der Waals surface area contributed by atoms with Crippen molar-refractivity contribution in [2.24, 2.45) is 0 Å². The van der Waals surface area contributed by atoms with Crippen LogP contribution in [0.4, 0.5) is 0 Å². The number of carbonyl (C=O) groups is 1. The molecule has 0 atom stereocenters. The first-order valence-corrected chi connectivity index (χ1v) is 5.85. The van der Waals surface area contributed by atoms with Gasteiger partial charge in [0.05, 0.1) is 0 Å². The molecule has 0 unspecified atom stereocenters. The minimum Gasteiger partial charge on any atom is -0.309 e. The van der Waals surface area contributed by atoms with E-state index in [1.165, 1.54) is 0 Å². The topological polar surface area (TPSA) is 20.3 Å². The van der Waals surface area contributed by atoms with E-state index in [1.54, 1.807) is 18.2 Å². The van der Waals surface area contributed by atoms with Crippen LogP contribution >= 0.6 is 23.2 Å². The van der Waals surface area contributed by atoms with E-state index < -0.39 is 0 Å². The number of nitrogens with zero attached hydrogens (tertiary/aromatic N) is 1. The molecular formula is C12H15Cl2NO. The van der Waals surface area contributed by atoms with Crippen molar-refractivity contribution in [2.75, 3.05) is 20.6 Å². The molecule has 0 saturated carbocycles. The fourth-order valence-electron chi connectivity index (χ4n) is 1.31. The first kappa shape index (κ1) is 13.5. The first-order valence-electron chi connectivity index (χ1n) is 5.09. The number of rotatable bonds is 5. The molecule has 1 aromatic rings. The highest BCUT2D eigenvalue weighted by molar-refractivity contribution is 6.35. The normalized spacial score (nSPS) is 10.8. The number of ketones is 1. The SMILES string of the molecule is CN(C)CCC(=O)Cc1ccc(Cl)cc1Cl. The second-order valence-electron chi connectivity index (χ2n) is 4.00. The highest BCUT2D eigenvalue weighted by Gasteiger charge is 2.07. The zero-order valence-corrected chi connectivity index (χ0v) is 11.0. The molecule has 0 aliphatic carbocycles. The van der Waals surface area contributed by atoms with E-state index in [4.69, 9.17) is 23.2 Å². The molecule has 1 aromatic carbocycles. The molecule has 88 valence electrons. The molecule has 16 heavy (non-hydrogen) atoms. The van der Waals surface area contributed by atoms with Crippen molar-refractivity contribution in [1.29, 1.82) is 0 Å². The number of Topliss-reactive ketones (excluding diaryl/α,β-unsaturated/α-hetero) is 1. The number of benzene rings is 1. The molecule has 0 amide bonds. The molecule has 0 N–H and O–H groups in total. The van der Waals surface area contributed by atoms with Gasteiger partial charge in [-0.1, -0.05) is 29.3 Å². The van der Waals surface area contributed by atoms with E-state index >= 15 is 0 Å². The average Bonchev–Trinajstić information content (AvgIpc) is 2.19. The van der Waals surface area contributed by atoms with E-state index in [1.807, 2.05) is 19.0 Å². The van der Waals surface area contributed by atoms with E-state index in [0.29, 0.717) is 22.9 Å². The van der Waals surface area contributed by atoms with Gasteiger partial charge in [0.1, 0.15) is 5.78 Å². The van der Waals surface area contributed by atoms with Gasteiger partial charge < -0.3 is 4.90 Å². The van der Waals surface area contributed by atoms with E-state index in [9.17, 15) is 4.79 Å². The minimum atomic E-state index is 0.193. The fourth-order valence-corrected chi connectivity index (χ4v) is 1.79. The molecule has 4 heteroatoms. The van der Waals surface area contributed by atoms with Crippen LogP contribution in [0.15, 0.2) is 18.2 Å². The van der Waals surface area contributed by atoms with Crippen molar-refractivity contribution in [3.8, 4) is 0 Å². The highest BCUT2D eigenvalue weighted by Crippen LogP contribution is 2.21. The van der Waals surface area contributed by atoms with Crippen LogP contribution in [0.25, 0.3) is 0 Å². The Labute approximate surface area is 106 Å². The molecule has 0 fully saturated rings. The van der Waals surface area contributed by atoms with Gasteiger partial charge in [0.25, 0.3) is 0 Å². The Kier molecular flexibility index (Phi) is 5.26. The van der Waals surface area contributed by atoms with Crippen molar-refractivity contribution in [3.05, 3.63) is 33.8 Å². The third-order valence-corrected chi connectivity index (χ3v) is 2.83. The quantitative estimate of drug-likeness (QED) is 0.811. The van der Waals surface area contributed by atoms with Crippen LogP contribution in [0.5, 0.6) is 0 Å².